The van der Waals surface area contributed by atoms with Crippen molar-refractivity contribution in [2.75, 3.05) is 5.75 Å². The molecule has 5 N–H and O–H groups in total. The summed E-state index contributed by atoms with van der Waals surface area (Å²) in [6.45, 7) is 0. The minimum atomic E-state index is -1.26. The number of carboxylic acid groups (broad SMARTS) is 2. The van der Waals surface area contributed by atoms with E-state index in [1.807, 2.05) is 17.5 Å². The number of rotatable bonds is 8. The van der Waals surface area contributed by atoms with Crippen LogP contribution in [-0.4, -0.2) is 61.3 Å². The van der Waals surface area contributed by atoms with Gasteiger partial charge in [-0.3, -0.25) is 14.5 Å². The molecule has 8 nitrogen and oxygen atoms in total. The van der Waals surface area contributed by atoms with E-state index in [1.54, 1.807) is 0 Å². The van der Waals surface area contributed by atoms with E-state index in [4.69, 9.17) is 10.8 Å². The number of hydrogen-bond acceptors (Lipinski definition) is 8. The SMILES string of the molecule is N[C@H](CSC1=C(C(=O)O)N2C(=O)[C@H](C(O)Cc3cccs3)[C@H]2S1)C(=O)O. The first-order chi connectivity index (χ1) is 12.3. The number of nitrogens with zero attached hydrogens (tertiary/aromatic N) is 1. The van der Waals surface area contributed by atoms with Crippen LogP contribution in [-0.2, 0) is 20.8 Å². The summed E-state index contributed by atoms with van der Waals surface area (Å²) in [7, 11) is 0. The second kappa shape index (κ2) is 7.61. The van der Waals surface area contributed by atoms with Crippen molar-refractivity contribution >= 4 is 52.7 Å². The van der Waals surface area contributed by atoms with Gasteiger partial charge in [-0.15, -0.1) is 23.1 Å². The molecule has 0 radical (unpaired) electrons. The summed E-state index contributed by atoms with van der Waals surface area (Å²) >= 11 is 3.65. The summed E-state index contributed by atoms with van der Waals surface area (Å²) in [5, 5.41) is 30.1. The average Bonchev–Trinajstić information content (AvgIpc) is 3.18. The summed E-state index contributed by atoms with van der Waals surface area (Å²) in [6.07, 6.45) is -0.580. The van der Waals surface area contributed by atoms with E-state index in [2.05, 4.69) is 0 Å². The lowest BCUT2D eigenvalue weighted by Crippen LogP contribution is -2.61. The van der Waals surface area contributed by atoms with Gasteiger partial charge in [0.25, 0.3) is 0 Å². The third-order valence-electron chi connectivity index (χ3n) is 4.07. The predicted molar refractivity (Wildman–Crippen MR) is 98.5 cm³/mol. The van der Waals surface area contributed by atoms with E-state index in [0.29, 0.717) is 10.7 Å². The summed E-state index contributed by atoms with van der Waals surface area (Å²) in [4.78, 5) is 37.0. The van der Waals surface area contributed by atoms with E-state index in [-0.39, 0.29) is 11.4 Å². The highest BCUT2D eigenvalue weighted by atomic mass is 32.2. The molecule has 0 bridgehead atoms. The number of thiophene rings is 1. The smallest absolute Gasteiger partial charge is 0.354 e. The second-order valence-corrected chi connectivity index (χ2v) is 9.24. The number of nitrogens with two attached hydrogens (primary N) is 1. The number of aliphatic hydroxyl groups excluding tert-OH is 1. The first-order valence-electron chi connectivity index (χ1n) is 7.60. The summed E-state index contributed by atoms with van der Waals surface area (Å²) in [5.41, 5.74) is 5.30. The molecule has 0 saturated carbocycles. The molecule has 1 aromatic rings. The minimum Gasteiger partial charge on any atom is -0.480 e. The van der Waals surface area contributed by atoms with Crippen molar-refractivity contribution < 1.29 is 29.7 Å². The number of carboxylic acids is 2. The largest absolute Gasteiger partial charge is 0.480 e. The maximum absolute atomic E-state index is 12.5. The first-order valence-corrected chi connectivity index (χ1v) is 10.3. The Morgan fingerprint density at radius 2 is 2.12 bits per heavy atom. The van der Waals surface area contributed by atoms with E-state index in [1.165, 1.54) is 28.0 Å². The molecule has 1 aromatic heterocycles. The van der Waals surface area contributed by atoms with Crippen LogP contribution in [0.3, 0.4) is 0 Å². The quantitative estimate of drug-likeness (QED) is 0.448. The summed E-state index contributed by atoms with van der Waals surface area (Å²) < 4.78 is 0.346. The van der Waals surface area contributed by atoms with Crippen LogP contribution in [0.25, 0.3) is 0 Å². The van der Waals surface area contributed by atoms with Crippen LogP contribution in [0, 0.1) is 5.92 Å². The lowest BCUT2D eigenvalue weighted by Gasteiger charge is -2.44. The highest BCUT2D eigenvalue weighted by Crippen LogP contribution is 2.54. The Hall–Kier alpha value is -1.53. The first kappa shape index (κ1) is 19.2. The fourth-order valence-corrected chi connectivity index (χ4v) is 6.36. The third kappa shape index (κ3) is 3.49. The van der Waals surface area contributed by atoms with E-state index in [9.17, 15) is 24.6 Å². The van der Waals surface area contributed by atoms with E-state index >= 15 is 0 Å². The van der Waals surface area contributed by atoms with Crippen molar-refractivity contribution in [2.24, 2.45) is 11.7 Å². The number of fused-ring (bicyclic) bond motifs is 1. The minimum absolute atomic E-state index is 0.00832. The van der Waals surface area contributed by atoms with Crippen molar-refractivity contribution in [1.29, 1.82) is 0 Å². The van der Waals surface area contributed by atoms with Gasteiger partial charge in [0.05, 0.1) is 16.3 Å². The van der Waals surface area contributed by atoms with Crippen LogP contribution in [0.1, 0.15) is 4.88 Å². The Morgan fingerprint density at radius 3 is 2.69 bits per heavy atom. The molecular formula is C15H16N2O6S3. The van der Waals surface area contributed by atoms with Crippen LogP contribution in [0.5, 0.6) is 0 Å². The Balaban J connectivity index is 1.71. The van der Waals surface area contributed by atoms with Gasteiger partial charge < -0.3 is 21.1 Å². The van der Waals surface area contributed by atoms with Gasteiger partial charge in [0.2, 0.25) is 5.91 Å². The van der Waals surface area contributed by atoms with Crippen LogP contribution in [0.15, 0.2) is 27.4 Å². The Kier molecular flexibility index (Phi) is 5.63. The lowest BCUT2D eigenvalue weighted by atomic mass is 9.89. The molecule has 140 valence electrons. The third-order valence-corrected chi connectivity index (χ3v) is 7.74. The van der Waals surface area contributed by atoms with Crippen molar-refractivity contribution in [1.82, 2.24) is 4.90 Å². The zero-order chi connectivity index (χ0) is 19.0. The highest BCUT2D eigenvalue weighted by molar-refractivity contribution is 8.22. The lowest BCUT2D eigenvalue weighted by molar-refractivity contribution is -0.157. The van der Waals surface area contributed by atoms with Crippen molar-refractivity contribution in [3.8, 4) is 0 Å². The molecule has 1 fully saturated rings. The number of hydrogen-bond donors (Lipinski definition) is 4. The normalized spacial score (nSPS) is 24.2. The van der Waals surface area contributed by atoms with Gasteiger partial charge in [-0.1, -0.05) is 17.8 Å². The number of aliphatic carboxylic acids is 2. The maximum atomic E-state index is 12.5. The van der Waals surface area contributed by atoms with Crippen LogP contribution < -0.4 is 5.73 Å². The average molecular weight is 417 g/mol. The monoisotopic (exact) mass is 416 g/mol. The molecule has 3 heterocycles. The topological polar surface area (TPSA) is 141 Å². The van der Waals surface area contributed by atoms with Gasteiger partial charge in [0.1, 0.15) is 11.4 Å². The molecule has 0 aliphatic carbocycles. The molecule has 1 amide bonds. The molecule has 1 saturated heterocycles. The van der Waals surface area contributed by atoms with Crippen LogP contribution >= 0.6 is 34.9 Å². The predicted octanol–water partition coefficient (Wildman–Crippen LogP) is 0.582. The second-order valence-electron chi connectivity index (χ2n) is 5.79. The fourth-order valence-electron chi connectivity index (χ4n) is 2.76. The van der Waals surface area contributed by atoms with Gasteiger partial charge in [0, 0.05) is 17.1 Å². The molecule has 1 unspecified atom stereocenters. The van der Waals surface area contributed by atoms with E-state index in [0.717, 1.165) is 16.6 Å². The number of carbonyl (C=O) groups is 3. The van der Waals surface area contributed by atoms with Gasteiger partial charge in [0.15, 0.2) is 5.70 Å². The molecule has 0 spiro atoms. The van der Waals surface area contributed by atoms with Gasteiger partial charge >= 0.3 is 11.9 Å². The Bertz CT molecular complexity index is 765. The number of thioether (sulfide) groups is 2. The van der Waals surface area contributed by atoms with Gasteiger partial charge in [-0.2, -0.15) is 0 Å². The Labute approximate surface area is 161 Å². The molecule has 2 aliphatic heterocycles. The molecular weight excluding hydrogens is 400 g/mol. The van der Waals surface area contributed by atoms with Crippen molar-refractivity contribution in [3.63, 3.8) is 0 Å². The van der Waals surface area contributed by atoms with E-state index < -0.39 is 41.3 Å². The van der Waals surface area contributed by atoms with Crippen LogP contribution in [0.2, 0.25) is 0 Å². The molecule has 11 heteroatoms. The molecule has 2 aliphatic rings. The molecule has 3 rings (SSSR count). The number of carbonyl (C=O) groups excluding carboxylic acids is 1. The zero-order valence-electron chi connectivity index (χ0n) is 13.3. The van der Waals surface area contributed by atoms with Gasteiger partial charge in [-0.25, -0.2) is 4.79 Å². The fraction of sp³-hybridized carbons (Fsp3) is 0.400. The zero-order valence-corrected chi connectivity index (χ0v) is 15.7. The molecule has 0 aromatic carbocycles. The number of aliphatic hydroxyl groups is 1. The maximum Gasteiger partial charge on any atom is 0.354 e. The standard InChI is InChI=1S/C15H16N2O6S3/c16-7(13(20)21)5-25-15-10(14(22)23)17-11(19)9(12(17)26-15)8(18)4-6-2-1-3-24-6/h1-3,7-9,12,18H,4-5,16H2,(H,20,21)(H,22,23)/t7-,8?,9+,12-/m1/s1. The highest BCUT2D eigenvalue weighted by Gasteiger charge is 2.58. The Morgan fingerprint density at radius 1 is 1.38 bits per heavy atom. The summed E-state index contributed by atoms with van der Waals surface area (Å²) in [6, 6.07) is 2.59. The molecule has 4 atom stereocenters. The van der Waals surface area contributed by atoms with Crippen LogP contribution in [0.4, 0.5) is 0 Å². The summed E-state index contributed by atoms with van der Waals surface area (Å²) in [5.74, 6) is -3.57. The van der Waals surface area contributed by atoms with Gasteiger partial charge in [-0.05, 0) is 11.4 Å². The van der Waals surface area contributed by atoms with Crippen molar-refractivity contribution in [2.45, 2.75) is 23.9 Å². The molecule has 26 heavy (non-hydrogen) atoms. The number of β-lactam (4-membered cyclic amide) rings is 1. The number of amides is 1. The van der Waals surface area contributed by atoms with Crippen molar-refractivity contribution in [3.05, 3.63) is 32.3 Å².